The lowest BCUT2D eigenvalue weighted by Crippen LogP contribution is -2.69. The third-order valence-corrected chi connectivity index (χ3v) is 10.8. The van der Waals surface area contributed by atoms with E-state index < -0.39 is 71.3 Å². The van der Waals surface area contributed by atoms with E-state index in [-0.39, 0.29) is 51.5 Å². The summed E-state index contributed by atoms with van der Waals surface area (Å²) in [6.07, 6.45) is 1.99. The lowest BCUT2D eigenvalue weighted by Gasteiger charge is -2.48. The van der Waals surface area contributed by atoms with E-state index in [0.717, 1.165) is 16.7 Å². The van der Waals surface area contributed by atoms with Gasteiger partial charge in [-0.15, -0.1) is 0 Å². The van der Waals surface area contributed by atoms with Gasteiger partial charge >= 0.3 is 11.9 Å². The van der Waals surface area contributed by atoms with E-state index >= 15 is 0 Å². The first-order valence-electron chi connectivity index (χ1n) is 19.3. The monoisotopic (exact) mass is 783 g/mol. The molecule has 14 nitrogen and oxygen atoms in total. The summed E-state index contributed by atoms with van der Waals surface area (Å²) in [5.41, 5.74) is 1.42. The number of nitrogens with zero attached hydrogens (tertiary/aromatic N) is 1. The van der Waals surface area contributed by atoms with E-state index in [4.69, 9.17) is 23.8 Å². The molecule has 7 atom stereocenters. The second-order valence-corrected chi connectivity index (χ2v) is 15.9. The number of phenols is 1. The summed E-state index contributed by atoms with van der Waals surface area (Å²) in [6, 6.07) is 19.8. The fraction of sp³-hybridized carbons (Fsp3) is 0.442. The number of aliphatic hydroxyl groups is 1. The van der Waals surface area contributed by atoms with Gasteiger partial charge in [-0.1, -0.05) is 66.7 Å². The molecular formula is C43H49N3O11. The standard InChI is InChI=1S/C43H49N3O11/c1-42(2,3)56-34(49)19-18-31(24-47)45-39(50)29-16-8-10-26(20-29)22-44-41(52)43-21-33-35-36(54-25-53-35)38(43)57-46(37(43)40(51)55-33)23-30-13-5-4-11-27(30)14-9-15-28-12-6-7-17-32(28)48/h4-14,16-17,20,31,33,35-38,47-48H,15,18-19,21-25H2,1-3H3,(H,44,52)(H,45,50)/t31-,33+,35-,36-,37-,38+,43-/m0/s1. The van der Waals surface area contributed by atoms with Gasteiger partial charge in [-0.2, -0.15) is 5.06 Å². The quantitative estimate of drug-likeness (QED) is 0.174. The molecule has 1 saturated carbocycles. The summed E-state index contributed by atoms with van der Waals surface area (Å²) in [7, 11) is 0. The van der Waals surface area contributed by atoms with E-state index in [9.17, 15) is 29.4 Å². The van der Waals surface area contributed by atoms with Crippen LogP contribution in [0.4, 0.5) is 0 Å². The van der Waals surface area contributed by atoms with Crippen LogP contribution in [-0.2, 0) is 57.7 Å². The zero-order chi connectivity index (χ0) is 40.3. The number of hydroxylamine groups is 2. The fourth-order valence-corrected chi connectivity index (χ4v) is 8.17. The molecule has 0 aromatic heterocycles. The highest BCUT2D eigenvalue weighted by atomic mass is 16.8. The number of benzene rings is 3. The maximum atomic E-state index is 14.6. The Morgan fingerprint density at radius 3 is 2.54 bits per heavy atom. The van der Waals surface area contributed by atoms with Gasteiger partial charge in [0, 0.05) is 24.9 Å². The number of allylic oxidation sites excluding steroid dienone is 1. The number of carbonyl (C=O) groups excluding carboxylic acids is 4. The summed E-state index contributed by atoms with van der Waals surface area (Å²) in [5, 5.41) is 27.4. The van der Waals surface area contributed by atoms with Crippen molar-refractivity contribution in [2.75, 3.05) is 13.4 Å². The first kappa shape index (κ1) is 40.1. The number of fused-ring (bicyclic) bond motifs is 4. The van der Waals surface area contributed by atoms with Gasteiger partial charge in [-0.3, -0.25) is 24.0 Å². The molecule has 0 unspecified atom stereocenters. The van der Waals surface area contributed by atoms with Crippen molar-refractivity contribution in [1.29, 1.82) is 0 Å². The number of phenolic OH excluding ortho intramolecular Hbond substituents is 1. The number of rotatable bonds is 14. The molecule has 57 heavy (non-hydrogen) atoms. The molecule has 4 fully saturated rings. The maximum absolute atomic E-state index is 14.6. The van der Waals surface area contributed by atoms with Gasteiger partial charge in [0.2, 0.25) is 5.91 Å². The van der Waals surface area contributed by atoms with Crippen molar-refractivity contribution in [3.8, 4) is 5.75 Å². The highest BCUT2D eigenvalue weighted by Crippen LogP contribution is 2.55. The molecule has 3 saturated heterocycles. The minimum absolute atomic E-state index is 0.0246. The van der Waals surface area contributed by atoms with Crippen molar-refractivity contribution in [2.24, 2.45) is 5.41 Å². The number of aliphatic hydroxyl groups excluding tert-OH is 1. The summed E-state index contributed by atoms with van der Waals surface area (Å²) in [5.74, 6) is -1.66. The number of hydrogen-bond acceptors (Lipinski definition) is 12. The van der Waals surface area contributed by atoms with E-state index in [1.165, 1.54) is 5.06 Å². The number of hydrogen-bond donors (Lipinski definition) is 4. The van der Waals surface area contributed by atoms with Crippen LogP contribution < -0.4 is 10.6 Å². The van der Waals surface area contributed by atoms with Crippen LogP contribution >= 0.6 is 0 Å². The number of carbonyl (C=O) groups is 4. The SMILES string of the molecule is CC(C)(C)OC(=O)CC[C@@H](CO)NC(=O)c1cccc(CNC(=O)[C@@]23C[C@H]4OC(=O)[C@@H]2N(Cc2ccccc2C=CCc2ccccc2O)O[C@@H]3[C@H]2OCO[C@H]24)c1. The molecular weight excluding hydrogens is 734 g/mol. The Bertz CT molecular complexity index is 2010. The average molecular weight is 784 g/mol. The Morgan fingerprint density at radius 2 is 1.77 bits per heavy atom. The lowest BCUT2D eigenvalue weighted by molar-refractivity contribution is -0.201. The first-order valence-corrected chi connectivity index (χ1v) is 19.3. The fourth-order valence-electron chi connectivity index (χ4n) is 8.17. The van der Waals surface area contributed by atoms with Crippen LogP contribution in [-0.4, -0.2) is 94.5 Å². The highest BCUT2D eigenvalue weighted by Gasteiger charge is 2.74. The second kappa shape index (κ2) is 16.8. The van der Waals surface area contributed by atoms with Gasteiger partial charge in [-0.25, -0.2) is 0 Å². The molecule has 2 amide bonds. The van der Waals surface area contributed by atoms with Crippen LogP contribution in [0.2, 0.25) is 0 Å². The summed E-state index contributed by atoms with van der Waals surface area (Å²) >= 11 is 0. The summed E-state index contributed by atoms with van der Waals surface area (Å²) in [6.45, 7) is 5.12. The lowest BCUT2D eigenvalue weighted by atomic mass is 9.62. The predicted molar refractivity (Wildman–Crippen MR) is 205 cm³/mol. The normalized spacial score (nSPS) is 25.8. The van der Waals surface area contributed by atoms with Gasteiger partial charge in [-0.05, 0) is 74.1 Å². The highest BCUT2D eigenvalue weighted by molar-refractivity contribution is 5.95. The molecule has 3 heterocycles. The predicted octanol–water partition coefficient (Wildman–Crippen LogP) is 3.72. The van der Waals surface area contributed by atoms with Gasteiger partial charge in [0.1, 0.15) is 48.0 Å². The smallest absolute Gasteiger partial charge is 0.327 e. The van der Waals surface area contributed by atoms with Crippen molar-refractivity contribution in [3.63, 3.8) is 0 Å². The molecule has 302 valence electrons. The Balaban J connectivity index is 1.06. The van der Waals surface area contributed by atoms with Crippen LogP contribution in [0.25, 0.3) is 6.08 Å². The molecule has 2 bridgehead atoms. The number of ether oxygens (including phenoxy) is 4. The van der Waals surface area contributed by atoms with Gasteiger partial charge < -0.3 is 39.8 Å². The molecule has 0 spiro atoms. The van der Waals surface area contributed by atoms with Crippen LogP contribution in [0.5, 0.6) is 5.75 Å². The summed E-state index contributed by atoms with van der Waals surface area (Å²) < 4.78 is 23.1. The van der Waals surface area contributed by atoms with E-state index in [1.54, 1.807) is 57.2 Å². The van der Waals surface area contributed by atoms with E-state index in [0.29, 0.717) is 17.5 Å². The number of nitrogens with one attached hydrogen (secondary N) is 2. The van der Waals surface area contributed by atoms with Crippen LogP contribution in [0.3, 0.4) is 0 Å². The maximum Gasteiger partial charge on any atom is 0.327 e. The molecule has 4 N–H and O–H groups in total. The van der Waals surface area contributed by atoms with Crippen molar-refractivity contribution in [1.82, 2.24) is 15.7 Å². The zero-order valence-corrected chi connectivity index (χ0v) is 32.2. The van der Waals surface area contributed by atoms with Crippen molar-refractivity contribution in [3.05, 3.63) is 107 Å². The van der Waals surface area contributed by atoms with Crippen LogP contribution in [0, 0.1) is 5.41 Å². The van der Waals surface area contributed by atoms with Crippen molar-refractivity contribution < 1.29 is 53.2 Å². The van der Waals surface area contributed by atoms with Crippen LogP contribution in [0.15, 0.2) is 78.9 Å². The van der Waals surface area contributed by atoms with Crippen molar-refractivity contribution >= 4 is 29.8 Å². The molecule has 3 aromatic carbocycles. The minimum Gasteiger partial charge on any atom is -0.508 e. The van der Waals surface area contributed by atoms with E-state index in [1.807, 2.05) is 48.6 Å². The molecule has 4 aliphatic rings. The third-order valence-electron chi connectivity index (χ3n) is 10.8. The molecule has 3 aliphatic heterocycles. The summed E-state index contributed by atoms with van der Waals surface area (Å²) in [4.78, 5) is 60.5. The second-order valence-electron chi connectivity index (χ2n) is 15.9. The van der Waals surface area contributed by atoms with Gasteiger partial charge in [0.05, 0.1) is 19.2 Å². The third kappa shape index (κ3) is 8.60. The van der Waals surface area contributed by atoms with Gasteiger partial charge in [0.15, 0.2) is 6.04 Å². The Labute approximate surface area is 331 Å². The molecule has 7 rings (SSSR count). The van der Waals surface area contributed by atoms with E-state index in [2.05, 4.69) is 10.6 Å². The number of aromatic hydroxyl groups is 1. The Kier molecular flexibility index (Phi) is 11.8. The molecule has 3 aromatic rings. The molecule has 14 heteroatoms. The number of amides is 2. The van der Waals surface area contributed by atoms with Crippen LogP contribution in [0.1, 0.15) is 72.6 Å². The zero-order valence-electron chi connectivity index (χ0n) is 32.2. The number of esters is 2. The Hall–Kier alpha value is -5.12. The minimum atomic E-state index is -1.37. The number of para-hydroxylation sites is 1. The topological polar surface area (TPSA) is 182 Å². The molecule has 0 radical (unpaired) electrons. The molecule has 1 aliphatic carbocycles. The largest absolute Gasteiger partial charge is 0.508 e. The Morgan fingerprint density at radius 1 is 1.02 bits per heavy atom. The first-order chi connectivity index (χ1) is 27.4. The average Bonchev–Trinajstić information content (AvgIpc) is 3.81. The van der Waals surface area contributed by atoms with Gasteiger partial charge in [0.25, 0.3) is 5.91 Å². The van der Waals surface area contributed by atoms with Crippen molar-refractivity contribution in [2.45, 2.75) is 102 Å².